The fourth-order valence-electron chi connectivity index (χ4n) is 7.52. The largest absolute Gasteiger partial charge is 2.00 e. The maximum atomic E-state index is 6.54. The summed E-state index contributed by atoms with van der Waals surface area (Å²) in [7, 11) is 0. The number of fused-ring (bicyclic) bond motifs is 11. The van der Waals surface area contributed by atoms with Gasteiger partial charge in [-0.1, -0.05) is 90.8 Å². The van der Waals surface area contributed by atoms with E-state index in [1.807, 2.05) is 48.8 Å². The van der Waals surface area contributed by atoms with Crippen molar-refractivity contribution in [3.63, 3.8) is 0 Å². The number of pyridine rings is 3. The third-order valence-electron chi connectivity index (χ3n) is 9.81. The Balaban J connectivity index is 0.00000314. The van der Waals surface area contributed by atoms with Crippen LogP contribution in [0.3, 0.4) is 0 Å². The summed E-state index contributed by atoms with van der Waals surface area (Å²) in [5.41, 5.74) is 9.21. The van der Waals surface area contributed by atoms with Crippen molar-refractivity contribution in [1.82, 2.24) is 23.9 Å². The summed E-state index contributed by atoms with van der Waals surface area (Å²) in [4.78, 5) is 14.7. The molecule has 1 aliphatic heterocycles. The Bertz CT molecular complexity index is 2780. The number of aromatic nitrogens is 5. The Hall–Kier alpha value is -5.32. The van der Waals surface area contributed by atoms with Gasteiger partial charge in [0.05, 0.1) is 11.3 Å². The van der Waals surface area contributed by atoms with Crippen LogP contribution in [0.25, 0.3) is 66.3 Å². The second-order valence-electron chi connectivity index (χ2n) is 12.8. The van der Waals surface area contributed by atoms with Gasteiger partial charge in [-0.3, -0.25) is 4.98 Å². The molecular formula is C41H27N5OPt. The van der Waals surface area contributed by atoms with Crippen molar-refractivity contribution in [2.45, 2.75) is 26.2 Å². The predicted molar refractivity (Wildman–Crippen MR) is 187 cm³/mol. The van der Waals surface area contributed by atoms with Crippen LogP contribution in [0.15, 0.2) is 110 Å². The monoisotopic (exact) mass is 800 g/mol. The first kappa shape index (κ1) is 28.9. The molecule has 10 rings (SSSR count). The Labute approximate surface area is 290 Å². The summed E-state index contributed by atoms with van der Waals surface area (Å²) in [5, 5.41) is 5.23. The van der Waals surface area contributed by atoms with Gasteiger partial charge in [-0.05, 0) is 41.0 Å². The fourth-order valence-corrected chi connectivity index (χ4v) is 7.52. The first-order valence-corrected chi connectivity index (χ1v) is 15.8. The summed E-state index contributed by atoms with van der Waals surface area (Å²) < 4.78 is 10.9. The van der Waals surface area contributed by atoms with Gasteiger partial charge in [-0.15, -0.1) is 29.7 Å². The normalized spacial score (nSPS) is 13.3. The molecule has 0 saturated heterocycles. The van der Waals surface area contributed by atoms with E-state index >= 15 is 0 Å². The first-order chi connectivity index (χ1) is 23.0. The van der Waals surface area contributed by atoms with Crippen LogP contribution in [-0.4, -0.2) is 23.9 Å². The minimum Gasteiger partial charge on any atom is -0.503 e. The van der Waals surface area contributed by atoms with Crippen LogP contribution in [0.4, 0.5) is 0 Å². The van der Waals surface area contributed by atoms with Gasteiger partial charge in [-0.2, -0.15) is 6.07 Å². The smallest absolute Gasteiger partial charge is 0.503 e. The molecule has 0 spiro atoms. The third-order valence-corrected chi connectivity index (χ3v) is 9.81. The topological polar surface area (TPSA) is 57.2 Å². The summed E-state index contributed by atoms with van der Waals surface area (Å²) >= 11 is 0. The van der Waals surface area contributed by atoms with Crippen molar-refractivity contribution in [2.24, 2.45) is 0 Å². The van der Waals surface area contributed by atoms with Crippen LogP contribution in [0.2, 0.25) is 0 Å². The summed E-state index contributed by atoms with van der Waals surface area (Å²) in [6.45, 7) is 6.66. The minimum atomic E-state index is -0.177. The molecule has 0 radical (unpaired) electrons. The molecule has 0 atom stereocenters. The number of para-hydroxylation sites is 1. The van der Waals surface area contributed by atoms with Crippen LogP contribution in [0.1, 0.15) is 30.5 Å². The molecule has 5 aromatic heterocycles. The molecule has 6 nitrogen and oxygen atoms in total. The zero-order valence-corrected chi connectivity index (χ0v) is 28.6. The number of nitrogens with zero attached hydrogens (tertiary/aromatic N) is 5. The van der Waals surface area contributed by atoms with E-state index in [0.29, 0.717) is 11.5 Å². The molecule has 0 aliphatic carbocycles. The average Bonchev–Trinajstić information content (AvgIpc) is 3.68. The molecule has 6 heterocycles. The number of benzene rings is 4. The summed E-state index contributed by atoms with van der Waals surface area (Å²) in [5.74, 6) is 2.14. The molecule has 0 bridgehead atoms. The van der Waals surface area contributed by atoms with Crippen LogP contribution in [0, 0.1) is 19.1 Å². The Morgan fingerprint density at radius 2 is 1.44 bits per heavy atom. The van der Waals surface area contributed by atoms with Gasteiger partial charge in [-0.25, -0.2) is 9.97 Å². The molecule has 9 aromatic rings. The second-order valence-corrected chi connectivity index (χ2v) is 12.8. The molecule has 0 amide bonds. The molecular weight excluding hydrogens is 774 g/mol. The van der Waals surface area contributed by atoms with Crippen molar-refractivity contribution in [2.75, 3.05) is 0 Å². The molecule has 48 heavy (non-hydrogen) atoms. The number of hydrogen-bond acceptors (Lipinski definition) is 4. The van der Waals surface area contributed by atoms with E-state index in [-0.39, 0.29) is 26.5 Å². The number of imidazole rings is 1. The number of hydrogen-bond donors (Lipinski definition) is 0. The molecule has 7 heteroatoms. The van der Waals surface area contributed by atoms with E-state index in [9.17, 15) is 0 Å². The molecule has 0 fully saturated rings. The zero-order chi connectivity index (χ0) is 31.4. The number of ether oxygens (including phenoxy) is 1. The van der Waals surface area contributed by atoms with Gasteiger partial charge in [0.1, 0.15) is 11.5 Å². The molecule has 0 unspecified atom stereocenters. The summed E-state index contributed by atoms with van der Waals surface area (Å²) in [6.07, 6.45) is 5.76. The SMILES string of the molecule is Cc1ccccc1-c1cn2c(n1)c1[c-]c(Oc3[c-]c4c(cc3)c3cccc5c3n4-c3ncccc3C5(C)C)ccc1c1cccnc12.[Pt+2]. The van der Waals surface area contributed by atoms with Crippen molar-refractivity contribution in [3.05, 3.63) is 138 Å². The second kappa shape index (κ2) is 10.3. The van der Waals surface area contributed by atoms with Crippen LogP contribution >= 0.6 is 0 Å². The van der Waals surface area contributed by atoms with Crippen molar-refractivity contribution in [1.29, 1.82) is 0 Å². The molecule has 1 aliphatic rings. The van der Waals surface area contributed by atoms with E-state index in [4.69, 9.17) is 19.7 Å². The molecule has 0 N–H and O–H groups in total. The van der Waals surface area contributed by atoms with Crippen LogP contribution in [0.5, 0.6) is 11.5 Å². The van der Waals surface area contributed by atoms with Gasteiger partial charge in [0.15, 0.2) is 0 Å². The van der Waals surface area contributed by atoms with Crippen molar-refractivity contribution >= 4 is 49.3 Å². The number of aryl methyl sites for hydroxylation is 1. The van der Waals surface area contributed by atoms with Gasteiger partial charge < -0.3 is 13.7 Å². The Morgan fingerprint density at radius 1 is 0.688 bits per heavy atom. The standard InChI is InChI=1S/C41H27N5O.Pt/c1-24-9-4-5-10-27(24)35-23-45-38-31(12-7-19-42-38)28-17-15-25(21-32(28)39(45)44-35)47-26-16-18-29-30-11-6-13-33-37(30)46(36(29)22-26)40-34(41(33,2)3)14-8-20-43-40;/h4-20,23H,1-3H3;/q-2;+2. The summed E-state index contributed by atoms with van der Waals surface area (Å²) in [6, 6.07) is 38.5. The average molecular weight is 801 g/mol. The molecule has 4 aromatic carbocycles. The van der Waals surface area contributed by atoms with Gasteiger partial charge in [0.25, 0.3) is 0 Å². The van der Waals surface area contributed by atoms with Gasteiger partial charge in [0.2, 0.25) is 0 Å². The quantitative estimate of drug-likeness (QED) is 0.132. The van der Waals surface area contributed by atoms with Crippen LogP contribution < -0.4 is 4.74 Å². The van der Waals surface area contributed by atoms with E-state index in [2.05, 4.69) is 103 Å². The van der Waals surface area contributed by atoms with Crippen molar-refractivity contribution in [3.8, 4) is 28.6 Å². The third kappa shape index (κ3) is 3.93. The zero-order valence-electron chi connectivity index (χ0n) is 26.4. The van der Waals surface area contributed by atoms with E-state index in [1.165, 1.54) is 27.6 Å². The Morgan fingerprint density at radius 3 is 2.31 bits per heavy atom. The van der Waals surface area contributed by atoms with E-state index in [1.54, 1.807) is 0 Å². The number of rotatable bonds is 3. The van der Waals surface area contributed by atoms with Crippen LogP contribution in [-0.2, 0) is 26.5 Å². The van der Waals surface area contributed by atoms with Gasteiger partial charge >= 0.3 is 21.1 Å². The van der Waals surface area contributed by atoms with Gasteiger partial charge in [0, 0.05) is 52.1 Å². The predicted octanol–water partition coefficient (Wildman–Crippen LogP) is 9.53. The minimum absolute atomic E-state index is 0. The van der Waals surface area contributed by atoms with Crippen molar-refractivity contribution < 1.29 is 25.8 Å². The fraction of sp³-hybridized carbons (Fsp3) is 0.0976. The Kier molecular flexibility index (Phi) is 6.22. The maximum absolute atomic E-state index is 6.54. The van der Waals surface area contributed by atoms with E-state index in [0.717, 1.165) is 55.4 Å². The first-order valence-electron chi connectivity index (χ1n) is 15.8. The molecule has 0 saturated carbocycles. The molecule has 232 valence electrons. The van der Waals surface area contributed by atoms with E-state index < -0.39 is 0 Å². The maximum Gasteiger partial charge on any atom is 2.00 e.